The van der Waals surface area contributed by atoms with E-state index < -0.39 is 11.9 Å². The van der Waals surface area contributed by atoms with Crippen molar-refractivity contribution >= 4 is 23.4 Å². The second-order valence-electron chi connectivity index (χ2n) is 6.73. The maximum absolute atomic E-state index is 14.2. The summed E-state index contributed by atoms with van der Waals surface area (Å²) in [4.78, 5) is 28.3. The molecule has 28 heavy (non-hydrogen) atoms. The number of rotatable bonds is 6. The number of piperazine rings is 1. The van der Waals surface area contributed by atoms with Crippen molar-refractivity contribution in [2.75, 3.05) is 20.1 Å². The fourth-order valence-corrected chi connectivity index (χ4v) is 3.31. The van der Waals surface area contributed by atoms with Gasteiger partial charge in [0.05, 0.1) is 19.0 Å². The molecule has 0 aliphatic carbocycles. The van der Waals surface area contributed by atoms with E-state index in [0.717, 1.165) is 0 Å². The monoisotopic (exact) mass is 409 g/mol. The van der Waals surface area contributed by atoms with Gasteiger partial charge in [-0.15, -0.1) is 0 Å². The van der Waals surface area contributed by atoms with Gasteiger partial charge in [0.2, 0.25) is 11.8 Å². The third kappa shape index (κ3) is 4.48. The quantitative estimate of drug-likeness (QED) is 0.777. The molecule has 2 amide bonds. The number of carbonyl (C=O) groups excluding carboxylic acids is 2. The van der Waals surface area contributed by atoms with Gasteiger partial charge >= 0.3 is 0 Å². The number of carbonyl (C=O) groups is 2. The highest BCUT2D eigenvalue weighted by atomic mass is 35.5. The number of hydrogen-bond acceptors (Lipinski definition) is 6. The van der Waals surface area contributed by atoms with Crippen LogP contribution in [0, 0.1) is 12.7 Å². The van der Waals surface area contributed by atoms with Gasteiger partial charge in [0, 0.05) is 37.3 Å². The summed E-state index contributed by atoms with van der Waals surface area (Å²) >= 11 is 6.12. The van der Waals surface area contributed by atoms with Crippen molar-refractivity contribution in [3.8, 4) is 0 Å². The molecule has 0 spiro atoms. The van der Waals surface area contributed by atoms with Crippen molar-refractivity contribution in [1.29, 1.82) is 0 Å². The van der Waals surface area contributed by atoms with E-state index in [1.165, 1.54) is 17.0 Å². The van der Waals surface area contributed by atoms with E-state index in [1.807, 2.05) is 0 Å². The predicted octanol–water partition coefficient (Wildman–Crippen LogP) is 1.52. The number of hydrogen-bond donors (Lipinski definition) is 1. The standard InChI is InChI=1S/C18H21ClFN5O3/c1-11-15(23-28-22-11)10-24(2)17(26)8-16-18(27)21-6-7-25(16)9-12-13(19)4-3-5-14(12)20/h3-5,16H,6-10H2,1-2H3,(H,21,27)/t16-/m0/s1. The van der Waals surface area contributed by atoms with E-state index in [0.29, 0.717) is 35.1 Å². The van der Waals surface area contributed by atoms with Crippen molar-refractivity contribution < 1.29 is 18.6 Å². The van der Waals surface area contributed by atoms with E-state index in [1.54, 1.807) is 24.9 Å². The molecule has 0 radical (unpaired) electrons. The minimum atomic E-state index is -0.712. The first kappa shape index (κ1) is 20.2. The molecule has 3 rings (SSSR count). The Balaban J connectivity index is 1.71. The van der Waals surface area contributed by atoms with Crippen LogP contribution in [0.2, 0.25) is 5.02 Å². The summed E-state index contributed by atoms with van der Waals surface area (Å²) in [6.07, 6.45) is -0.0429. The molecule has 8 nitrogen and oxygen atoms in total. The molecule has 1 aliphatic heterocycles. The fraction of sp³-hybridized carbons (Fsp3) is 0.444. The van der Waals surface area contributed by atoms with E-state index in [-0.39, 0.29) is 31.3 Å². The summed E-state index contributed by atoms with van der Waals surface area (Å²) in [7, 11) is 1.62. The molecule has 2 heterocycles. The van der Waals surface area contributed by atoms with Crippen LogP contribution in [0.4, 0.5) is 4.39 Å². The summed E-state index contributed by atoms with van der Waals surface area (Å²) in [6.45, 7) is 3.02. The molecule has 1 aromatic carbocycles. The Kier molecular flexibility index (Phi) is 6.25. The van der Waals surface area contributed by atoms with Crippen molar-refractivity contribution in [2.24, 2.45) is 0 Å². The first-order valence-electron chi connectivity index (χ1n) is 8.83. The third-order valence-corrected chi connectivity index (χ3v) is 5.15. The topological polar surface area (TPSA) is 91.6 Å². The van der Waals surface area contributed by atoms with E-state index in [4.69, 9.17) is 11.6 Å². The second kappa shape index (κ2) is 8.66. The lowest BCUT2D eigenvalue weighted by Crippen LogP contribution is -2.56. The predicted molar refractivity (Wildman–Crippen MR) is 98.7 cm³/mol. The van der Waals surface area contributed by atoms with Gasteiger partial charge in [-0.25, -0.2) is 9.02 Å². The van der Waals surface area contributed by atoms with Crippen LogP contribution in [-0.2, 0) is 22.7 Å². The zero-order valence-corrected chi connectivity index (χ0v) is 16.4. The summed E-state index contributed by atoms with van der Waals surface area (Å²) in [5, 5.41) is 10.5. The second-order valence-corrected chi connectivity index (χ2v) is 7.13. The van der Waals surface area contributed by atoms with Crippen LogP contribution in [0.25, 0.3) is 0 Å². The lowest BCUT2D eigenvalue weighted by atomic mass is 10.1. The number of nitrogens with one attached hydrogen (secondary N) is 1. The molecule has 10 heteroatoms. The molecule has 2 aromatic rings. The van der Waals surface area contributed by atoms with Gasteiger partial charge in [-0.3, -0.25) is 14.5 Å². The Hall–Kier alpha value is -2.52. The molecule has 1 fully saturated rings. The van der Waals surface area contributed by atoms with Gasteiger partial charge in [0.25, 0.3) is 0 Å². The highest BCUT2D eigenvalue weighted by molar-refractivity contribution is 6.31. The molecule has 1 N–H and O–H groups in total. The van der Waals surface area contributed by atoms with Gasteiger partial charge in [-0.2, -0.15) is 0 Å². The Labute approximate surface area is 166 Å². The Morgan fingerprint density at radius 3 is 2.93 bits per heavy atom. The molecular weight excluding hydrogens is 389 g/mol. The molecule has 0 unspecified atom stereocenters. The smallest absolute Gasteiger partial charge is 0.237 e. The Bertz CT molecular complexity index is 854. The highest BCUT2D eigenvalue weighted by Gasteiger charge is 2.33. The summed E-state index contributed by atoms with van der Waals surface area (Å²) in [6, 6.07) is 3.75. The first-order valence-corrected chi connectivity index (χ1v) is 9.21. The van der Waals surface area contributed by atoms with Crippen molar-refractivity contribution in [3.05, 3.63) is 46.0 Å². The lowest BCUT2D eigenvalue weighted by Gasteiger charge is -2.35. The largest absolute Gasteiger partial charge is 0.353 e. The number of amides is 2. The minimum absolute atomic E-state index is 0.0429. The van der Waals surface area contributed by atoms with Crippen LogP contribution in [0.5, 0.6) is 0 Å². The molecule has 0 bridgehead atoms. The average Bonchev–Trinajstić information content (AvgIpc) is 3.05. The van der Waals surface area contributed by atoms with Crippen LogP contribution >= 0.6 is 11.6 Å². The van der Waals surface area contributed by atoms with Gasteiger partial charge in [0.15, 0.2) is 0 Å². The van der Waals surface area contributed by atoms with Crippen molar-refractivity contribution in [3.63, 3.8) is 0 Å². The summed E-state index contributed by atoms with van der Waals surface area (Å²) < 4.78 is 18.8. The number of aryl methyl sites for hydroxylation is 1. The van der Waals surface area contributed by atoms with Crippen LogP contribution < -0.4 is 5.32 Å². The molecule has 1 aliphatic rings. The zero-order chi connectivity index (χ0) is 20.3. The maximum atomic E-state index is 14.2. The summed E-state index contributed by atoms with van der Waals surface area (Å²) in [5.41, 5.74) is 1.47. The number of benzene rings is 1. The molecule has 1 atom stereocenters. The minimum Gasteiger partial charge on any atom is -0.353 e. The third-order valence-electron chi connectivity index (χ3n) is 4.79. The normalized spacial score (nSPS) is 17.4. The maximum Gasteiger partial charge on any atom is 0.237 e. The lowest BCUT2D eigenvalue weighted by molar-refractivity contribution is -0.138. The highest BCUT2D eigenvalue weighted by Crippen LogP contribution is 2.23. The van der Waals surface area contributed by atoms with Gasteiger partial charge in [-0.05, 0) is 19.1 Å². The molecule has 0 saturated carbocycles. The van der Waals surface area contributed by atoms with E-state index in [2.05, 4.69) is 20.3 Å². The number of halogens is 2. The van der Waals surface area contributed by atoms with Crippen LogP contribution in [-0.4, -0.2) is 58.1 Å². The Morgan fingerprint density at radius 1 is 1.46 bits per heavy atom. The van der Waals surface area contributed by atoms with Gasteiger partial charge in [0.1, 0.15) is 17.2 Å². The molecular formula is C18H21ClFN5O3. The van der Waals surface area contributed by atoms with E-state index in [9.17, 15) is 14.0 Å². The summed E-state index contributed by atoms with van der Waals surface area (Å²) in [5.74, 6) is -0.941. The zero-order valence-electron chi connectivity index (χ0n) is 15.6. The SMILES string of the molecule is Cc1nonc1CN(C)C(=O)C[C@H]1C(=O)NCCN1Cc1c(F)cccc1Cl. The number of nitrogens with zero attached hydrogens (tertiary/aromatic N) is 4. The average molecular weight is 410 g/mol. The van der Waals surface area contributed by atoms with Crippen molar-refractivity contribution in [1.82, 2.24) is 25.4 Å². The molecule has 150 valence electrons. The van der Waals surface area contributed by atoms with Crippen LogP contribution in [0.1, 0.15) is 23.4 Å². The van der Waals surface area contributed by atoms with Crippen LogP contribution in [0.3, 0.4) is 0 Å². The van der Waals surface area contributed by atoms with Gasteiger partial charge in [-0.1, -0.05) is 28.0 Å². The van der Waals surface area contributed by atoms with Crippen LogP contribution in [0.15, 0.2) is 22.8 Å². The first-order chi connectivity index (χ1) is 13.4. The molecule has 1 saturated heterocycles. The number of aromatic nitrogens is 2. The van der Waals surface area contributed by atoms with E-state index >= 15 is 0 Å². The molecule has 1 aromatic heterocycles. The van der Waals surface area contributed by atoms with Crippen molar-refractivity contribution in [2.45, 2.75) is 32.5 Å². The Morgan fingerprint density at radius 2 is 2.25 bits per heavy atom. The van der Waals surface area contributed by atoms with Gasteiger partial charge < -0.3 is 10.2 Å². The fourth-order valence-electron chi connectivity index (χ4n) is 3.09.